The van der Waals surface area contributed by atoms with Gasteiger partial charge in [0.2, 0.25) is 17.6 Å². The predicted molar refractivity (Wildman–Crippen MR) is 113 cm³/mol. The fourth-order valence-electron chi connectivity index (χ4n) is 5.25. The molecule has 0 aliphatic carbocycles. The number of rotatable bonds is 3. The Morgan fingerprint density at radius 2 is 1.58 bits per heavy atom. The Balaban J connectivity index is 1.52. The van der Waals surface area contributed by atoms with E-state index in [9.17, 15) is 14.4 Å². The van der Waals surface area contributed by atoms with E-state index in [1.165, 1.54) is 11.2 Å². The van der Waals surface area contributed by atoms with E-state index in [0.29, 0.717) is 5.69 Å². The first-order chi connectivity index (χ1) is 15.2. The fraction of sp³-hybridized carbons (Fsp3) is 0.160. The third-order valence-electron chi connectivity index (χ3n) is 6.51. The van der Waals surface area contributed by atoms with Gasteiger partial charge in [0.25, 0.3) is 0 Å². The normalized spacial score (nSPS) is 26.1. The summed E-state index contributed by atoms with van der Waals surface area (Å²) in [4.78, 5) is 43.8. The van der Waals surface area contributed by atoms with Gasteiger partial charge in [-0.2, -0.15) is 0 Å². The van der Waals surface area contributed by atoms with Gasteiger partial charge in [0, 0.05) is 6.20 Å². The summed E-state index contributed by atoms with van der Waals surface area (Å²) in [5.74, 6) is -2.14. The number of benzene rings is 2. The van der Waals surface area contributed by atoms with Crippen LogP contribution in [-0.2, 0) is 9.59 Å². The summed E-state index contributed by atoms with van der Waals surface area (Å²) in [5.41, 5.74) is 2.47. The van der Waals surface area contributed by atoms with E-state index < -0.39 is 17.9 Å². The number of para-hydroxylation sites is 1. The highest BCUT2D eigenvalue weighted by Gasteiger charge is 2.64. The van der Waals surface area contributed by atoms with Crippen molar-refractivity contribution >= 4 is 29.4 Å². The SMILES string of the molecule is O=C(c1ccco1)[C@H]1[C@H]2C(=O)N(c3ccccc3)C(=O)[C@H]2[C@@H]2c3ccccc3C=CN12. The van der Waals surface area contributed by atoms with Crippen LogP contribution in [0.2, 0.25) is 0 Å². The molecule has 0 N–H and O–H groups in total. The molecule has 0 unspecified atom stereocenters. The molecule has 3 aliphatic rings. The molecular weight excluding hydrogens is 392 g/mol. The monoisotopic (exact) mass is 410 g/mol. The van der Waals surface area contributed by atoms with E-state index in [-0.39, 0.29) is 29.4 Å². The van der Waals surface area contributed by atoms with Crippen molar-refractivity contribution in [3.8, 4) is 0 Å². The highest BCUT2D eigenvalue weighted by molar-refractivity contribution is 6.24. The summed E-state index contributed by atoms with van der Waals surface area (Å²) in [5, 5.41) is 0. The van der Waals surface area contributed by atoms with E-state index in [2.05, 4.69) is 0 Å². The number of amides is 2. The number of carbonyl (C=O) groups excluding carboxylic acids is 3. The number of ketones is 1. The van der Waals surface area contributed by atoms with Crippen molar-refractivity contribution in [3.05, 3.63) is 96.1 Å². The molecule has 3 aliphatic heterocycles. The first kappa shape index (κ1) is 17.9. The van der Waals surface area contributed by atoms with Crippen LogP contribution in [0.15, 0.2) is 83.6 Å². The molecule has 2 fully saturated rings. The summed E-state index contributed by atoms with van der Waals surface area (Å²) in [7, 11) is 0. The van der Waals surface area contributed by atoms with Gasteiger partial charge < -0.3 is 9.32 Å². The maximum atomic E-state index is 13.6. The number of hydrogen-bond acceptors (Lipinski definition) is 5. The first-order valence-corrected chi connectivity index (χ1v) is 10.2. The average Bonchev–Trinajstić information content (AvgIpc) is 3.50. The van der Waals surface area contributed by atoms with Gasteiger partial charge in [-0.1, -0.05) is 42.5 Å². The Hall–Kier alpha value is -3.93. The lowest BCUT2D eigenvalue weighted by atomic mass is 9.84. The highest BCUT2D eigenvalue weighted by atomic mass is 16.3. The molecule has 3 aromatic rings. The summed E-state index contributed by atoms with van der Waals surface area (Å²) in [6.45, 7) is 0. The standard InChI is InChI=1S/C25H18N2O4/c28-23(18-11-6-14-31-18)22-20-19(21-17-10-5-4-7-15(17)12-13-26(21)22)24(29)27(25(20)30)16-8-2-1-3-9-16/h1-14,19-22H/t19-,20+,21+,22-/m1/s1. The van der Waals surface area contributed by atoms with Crippen LogP contribution in [0.1, 0.15) is 27.7 Å². The molecule has 0 bridgehead atoms. The topological polar surface area (TPSA) is 70.8 Å². The van der Waals surface area contributed by atoms with Crippen LogP contribution >= 0.6 is 0 Å². The van der Waals surface area contributed by atoms with Crippen LogP contribution in [0.25, 0.3) is 6.08 Å². The molecule has 4 heterocycles. The predicted octanol–water partition coefficient (Wildman–Crippen LogP) is 3.68. The Morgan fingerprint density at radius 1 is 0.839 bits per heavy atom. The van der Waals surface area contributed by atoms with Crippen molar-refractivity contribution in [1.82, 2.24) is 4.90 Å². The van der Waals surface area contributed by atoms with Crippen molar-refractivity contribution in [2.75, 3.05) is 4.90 Å². The molecule has 152 valence electrons. The molecular formula is C25H18N2O4. The molecule has 0 spiro atoms. The number of furan rings is 1. The van der Waals surface area contributed by atoms with E-state index in [1.54, 1.807) is 36.4 Å². The Kier molecular flexibility index (Phi) is 3.77. The van der Waals surface area contributed by atoms with Crippen LogP contribution in [0.3, 0.4) is 0 Å². The number of imide groups is 1. The van der Waals surface area contributed by atoms with E-state index >= 15 is 0 Å². The summed E-state index contributed by atoms with van der Waals surface area (Å²) >= 11 is 0. The van der Waals surface area contributed by atoms with Crippen molar-refractivity contribution in [3.63, 3.8) is 0 Å². The second-order valence-corrected chi connectivity index (χ2v) is 8.02. The van der Waals surface area contributed by atoms with Gasteiger partial charge in [-0.25, -0.2) is 4.90 Å². The zero-order valence-corrected chi connectivity index (χ0v) is 16.4. The third-order valence-corrected chi connectivity index (χ3v) is 6.51. The number of hydrogen-bond donors (Lipinski definition) is 0. The molecule has 2 amide bonds. The minimum atomic E-state index is -0.809. The Morgan fingerprint density at radius 3 is 2.35 bits per heavy atom. The fourth-order valence-corrected chi connectivity index (χ4v) is 5.25. The molecule has 1 aromatic heterocycles. The van der Waals surface area contributed by atoms with Gasteiger partial charge in [-0.05, 0) is 41.5 Å². The second kappa shape index (κ2) is 6.54. The van der Waals surface area contributed by atoms with Crippen molar-refractivity contribution in [2.45, 2.75) is 12.1 Å². The van der Waals surface area contributed by atoms with Crippen LogP contribution in [0.4, 0.5) is 5.69 Å². The lowest BCUT2D eigenvalue weighted by Crippen LogP contribution is -2.44. The average molecular weight is 410 g/mol. The van der Waals surface area contributed by atoms with Gasteiger partial charge >= 0.3 is 0 Å². The third kappa shape index (κ3) is 2.42. The van der Waals surface area contributed by atoms with Gasteiger partial charge in [-0.15, -0.1) is 0 Å². The number of fused-ring (bicyclic) bond motifs is 5. The van der Waals surface area contributed by atoms with Crippen LogP contribution < -0.4 is 4.90 Å². The summed E-state index contributed by atoms with van der Waals surface area (Å²) in [6, 6.07) is 18.8. The minimum absolute atomic E-state index is 0.190. The highest BCUT2D eigenvalue weighted by Crippen LogP contribution is 2.53. The zero-order chi connectivity index (χ0) is 21.1. The largest absolute Gasteiger partial charge is 0.461 e. The van der Waals surface area contributed by atoms with Crippen LogP contribution in [0, 0.1) is 11.8 Å². The quantitative estimate of drug-likeness (QED) is 0.487. The van der Waals surface area contributed by atoms with Crippen molar-refractivity contribution < 1.29 is 18.8 Å². The van der Waals surface area contributed by atoms with Gasteiger partial charge in [0.1, 0.15) is 6.04 Å². The van der Waals surface area contributed by atoms with E-state index in [4.69, 9.17) is 4.42 Å². The molecule has 0 saturated carbocycles. The second-order valence-electron chi connectivity index (χ2n) is 8.02. The molecule has 31 heavy (non-hydrogen) atoms. The minimum Gasteiger partial charge on any atom is -0.461 e. The molecule has 2 aromatic carbocycles. The van der Waals surface area contributed by atoms with Crippen molar-refractivity contribution in [1.29, 1.82) is 0 Å². The van der Waals surface area contributed by atoms with Gasteiger partial charge in [0.05, 0.1) is 29.8 Å². The van der Waals surface area contributed by atoms with Gasteiger partial charge in [0.15, 0.2) is 5.76 Å². The van der Waals surface area contributed by atoms with Gasteiger partial charge in [-0.3, -0.25) is 14.4 Å². The number of nitrogens with zero attached hydrogens (tertiary/aromatic N) is 2. The molecule has 2 saturated heterocycles. The lowest BCUT2D eigenvalue weighted by Gasteiger charge is -2.35. The van der Waals surface area contributed by atoms with E-state index in [0.717, 1.165) is 11.1 Å². The number of carbonyl (C=O) groups is 3. The molecule has 6 heteroatoms. The molecule has 6 nitrogen and oxygen atoms in total. The Bertz CT molecular complexity index is 1230. The molecule has 0 radical (unpaired) electrons. The maximum Gasteiger partial charge on any atom is 0.240 e. The van der Waals surface area contributed by atoms with E-state index in [1.807, 2.05) is 47.5 Å². The zero-order valence-electron chi connectivity index (χ0n) is 16.4. The van der Waals surface area contributed by atoms with Crippen LogP contribution in [0.5, 0.6) is 0 Å². The Labute approximate surface area is 178 Å². The molecule has 4 atom stereocenters. The lowest BCUT2D eigenvalue weighted by molar-refractivity contribution is -0.123. The first-order valence-electron chi connectivity index (χ1n) is 10.2. The summed E-state index contributed by atoms with van der Waals surface area (Å²) < 4.78 is 5.37. The number of anilines is 1. The molecule has 6 rings (SSSR count). The van der Waals surface area contributed by atoms with Crippen LogP contribution in [-0.4, -0.2) is 28.5 Å². The van der Waals surface area contributed by atoms with Crippen molar-refractivity contribution in [2.24, 2.45) is 11.8 Å². The maximum absolute atomic E-state index is 13.6. The summed E-state index contributed by atoms with van der Waals surface area (Å²) in [6.07, 6.45) is 5.21. The smallest absolute Gasteiger partial charge is 0.240 e. The number of Topliss-reactive ketones (excluding diaryl/α,β-unsaturated/α-hetero) is 1.